The molecule has 6 nitrogen and oxygen atoms in total. The average molecular weight is 499 g/mol. The van der Waals surface area contributed by atoms with Gasteiger partial charge in [0.1, 0.15) is 11.4 Å². The number of aromatic amines is 1. The van der Waals surface area contributed by atoms with Gasteiger partial charge in [-0.15, -0.1) is 23.1 Å². The van der Waals surface area contributed by atoms with Crippen LogP contribution in [-0.2, 0) is 13.0 Å². The third-order valence-electron chi connectivity index (χ3n) is 6.19. The lowest BCUT2D eigenvalue weighted by Crippen LogP contribution is -2.32. The SMILES string of the molecule is Cc1cc(=O)c(C(=O)NCc2nc3ccccc3[nH]2)c2n1-c1ccccc1SC(c1cccs1)C2. The number of rotatable bonds is 4. The van der Waals surface area contributed by atoms with Crippen LogP contribution in [0, 0.1) is 6.92 Å². The maximum atomic E-state index is 13.5. The Balaban J connectivity index is 1.42. The summed E-state index contributed by atoms with van der Waals surface area (Å²) in [7, 11) is 0. The number of carbonyl (C=O) groups excluding carboxylic acids is 1. The van der Waals surface area contributed by atoms with Crippen molar-refractivity contribution in [3.05, 3.63) is 110 Å². The number of fused-ring (bicyclic) bond motifs is 4. The van der Waals surface area contributed by atoms with Gasteiger partial charge in [-0.2, -0.15) is 0 Å². The summed E-state index contributed by atoms with van der Waals surface area (Å²) >= 11 is 3.48. The molecule has 5 aromatic rings. The van der Waals surface area contributed by atoms with E-state index in [-0.39, 0.29) is 28.7 Å². The zero-order valence-electron chi connectivity index (χ0n) is 18.9. The largest absolute Gasteiger partial charge is 0.345 e. The van der Waals surface area contributed by atoms with Crippen LogP contribution >= 0.6 is 23.1 Å². The molecule has 1 aliphatic heterocycles. The van der Waals surface area contributed by atoms with Gasteiger partial charge < -0.3 is 14.9 Å². The molecule has 3 aromatic heterocycles. The molecule has 1 atom stereocenters. The zero-order chi connectivity index (χ0) is 23.9. The highest BCUT2D eigenvalue weighted by Crippen LogP contribution is 2.45. The lowest BCUT2D eigenvalue weighted by Gasteiger charge is -2.19. The molecule has 1 unspecified atom stereocenters. The number of imidazole rings is 1. The molecule has 8 heteroatoms. The van der Waals surface area contributed by atoms with Crippen LogP contribution in [0.1, 0.15) is 37.7 Å². The van der Waals surface area contributed by atoms with Gasteiger partial charge in [-0.3, -0.25) is 9.59 Å². The number of aryl methyl sites for hydroxylation is 1. The Morgan fingerprint density at radius 2 is 1.97 bits per heavy atom. The van der Waals surface area contributed by atoms with E-state index in [0.29, 0.717) is 12.2 Å². The first-order chi connectivity index (χ1) is 17.1. The highest BCUT2D eigenvalue weighted by molar-refractivity contribution is 7.99. The highest BCUT2D eigenvalue weighted by atomic mass is 32.2. The zero-order valence-corrected chi connectivity index (χ0v) is 20.6. The maximum absolute atomic E-state index is 13.5. The molecule has 2 aromatic carbocycles. The van der Waals surface area contributed by atoms with Crippen molar-refractivity contribution in [3.63, 3.8) is 0 Å². The number of carbonyl (C=O) groups is 1. The maximum Gasteiger partial charge on any atom is 0.257 e. The number of thiophene rings is 1. The van der Waals surface area contributed by atoms with Gasteiger partial charge in [-0.25, -0.2) is 4.98 Å². The number of aromatic nitrogens is 3. The number of nitrogens with zero attached hydrogens (tertiary/aromatic N) is 2. The summed E-state index contributed by atoms with van der Waals surface area (Å²) in [6.07, 6.45) is 0.574. The normalized spacial score (nSPS) is 14.8. The van der Waals surface area contributed by atoms with Gasteiger partial charge in [0.15, 0.2) is 5.43 Å². The van der Waals surface area contributed by atoms with Crippen LogP contribution in [-0.4, -0.2) is 20.4 Å². The Bertz CT molecular complexity index is 1590. The number of pyridine rings is 1. The fraction of sp³-hybridized carbons (Fsp3) is 0.148. The van der Waals surface area contributed by atoms with Gasteiger partial charge in [0, 0.05) is 38.9 Å². The first-order valence-electron chi connectivity index (χ1n) is 11.4. The van der Waals surface area contributed by atoms with E-state index in [1.807, 2.05) is 49.4 Å². The highest BCUT2D eigenvalue weighted by Gasteiger charge is 2.29. The molecule has 0 saturated heterocycles. The molecular formula is C27H22N4O2S2. The Kier molecular flexibility index (Phi) is 5.54. The van der Waals surface area contributed by atoms with E-state index in [1.165, 1.54) is 4.88 Å². The minimum Gasteiger partial charge on any atom is -0.345 e. The van der Waals surface area contributed by atoms with E-state index in [9.17, 15) is 9.59 Å². The fourth-order valence-electron chi connectivity index (χ4n) is 4.65. The van der Waals surface area contributed by atoms with Crippen molar-refractivity contribution < 1.29 is 4.79 Å². The van der Waals surface area contributed by atoms with E-state index >= 15 is 0 Å². The van der Waals surface area contributed by atoms with Gasteiger partial charge in [0.2, 0.25) is 0 Å². The number of benzene rings is 2. The van der Waals surface area contributed by atoms with Crippen LogP contribution in [0.5, 0.6) is 0 Å². The first kappa shape index (κ1) is 21.9. The van der Waals surface area contributed by atoms with Crippen molar-refractivity contribution in [2.24, 2.45) is 0 Å². The van der Waals surface area contributed by atoms with E-state index in [2.05, 4.69) is 43.4 Å². The van der Waals surface area contributed by atoms with Crippen LogP contribution in [0.25, 0.3) is 16.7 Å². The number of nitrogens with one attached hydrogen (secondary N) is 2. The van der Waals surface area contributed by atoms with Crippen LogP contribution < -0.4 is 10.7 Å². The number of hydrogen-bond acceptors (Lipinski definition) is 5. The third kappa shape index (κ3) is 3.98. The monoisotopic (exact) mass is 498 g/mol. The molecular weight excluding hydrogens is 476 g/mol. The van der Waals surface area contributed by atoms with Gasteiger partial charge >= 0.3 is 0 Å². The molecule has 35 heavy (non-hydrogen) atoms. The van der Waals surface area contributed by atoms with Gasteiger partial charge in [-0.1, -0.05) is 30.3 Å². The number of amides is 1. The number of H-pyrrole nitrogens is 1. The Morgan fingerprint density at radius 1 is 1.14 bits per heavy atom. The predicted octanol–water partition coefficient (Wildman–Crippen LogP) is 5.40. The number of thioether (sulfide) groups is 1. The summed E-state index contributed by atoms with van der Waals surface area (Å²) in [4.78, 5) is 36.8. The fourth-order valence-corrected chi connectivity index (χ4v) is 6.85. The summed E-state index contributed by atoms with van der Waals surface area (Å²) in [5.74, 6) is 0.267. The molecule has 1 aliphatic rings. The van der Waals surface area contributed by atoms with Crippen LogP contribution in [0.15, 0.2) is 81.8 Å². The standard InChI is InChI=1S/C27H22N4O2S2/c1-16-13-21(32)26(27(33)28-15-25-29-17-7-2-3-8-18(17)30-25)20-14-24(23-11-6-12-34-23)35-22-10-5-4-9-19(22)31(16)20/h2-13,24H,14-15H2,1H3,(H,28,33)(H,29,30). The topological polar surface area (TPSA) is 79.8 Å². The Labute approximate surface area is 210 Å². The lowest BCUT2D eigenvalue weighted by molar-refractivity contribution is 0.0947. The lowest BCUT2D eigenvalue weighted by atomic mass is 10.0. The number of hydrogen-bond donors (Lipinski definition) is 2. The first-order valence-corrected chi connectivity index (χ1v) is 13.1. The molecule has 0 aliphatic carbocycles. The molecule has 0 spiro atoms. The third-order valence-corrected chi connectivity index (χ3v) is 8.63. The summed E-state index contributed by atoms with van der Waals surface area (Å²) in [5, 5.41) is 5.10. The predicted molar refractivity (Wildman–Crippen MR) is 141 cm³/mol. The quantitative estimate of drug-likeness (QED) is 0.348. The summed E-state index contributed by atoms with van der Waals surface area (Å²) in [5.41, 5.74) is 4.25. The molecule has 6 rings (SSSR count). The molecule has 0 bridgehead atoms. The van der Waals surface area contributed by atoms with Crippen molar-refractivity contribution >= 4 is 40.0 Å². The van der Waals surface area contributed by atoms with Crippen LogP contribution in [0.2, 0.25) is 0 Å². The van der Waals surface area contributed by atoms with Gasteiger partial charge in [-0.05, 0) is 42.6 Å². The minimum atomic E-state index is -0.381. The molecule has 174 valence electrons. The van der Waals surface area contributed by atoms with Crippen molar-refractivity contribution in [3.8, 4) is 5.69 Å². The molecule has 4 heterocycles. The summed E-state index contributed by atoms with van der Waals surface area (Å²) < 4.78 is 2.08. The van der Waals surface area contributed by atoms with E-state index in [4.69, 9.17) is 0 Å². The van der Waals surface area contributed by atoms with E-state index < -0.39 is 0 Å². The van der Waals surface area contributed by atoms with E-state index in [1.54, 1.807) is 29.2 Å². The summed E-state index contributed by atoms with van der Waals surface area (Å²) in [6, 6.07) is 21.6. The molecule has 0 saturated carbocycles. The van der Waals surface area contributed by atoms with Crippen molar-refractivity contribution in [1.82, 2.24) is 19.9 Å². The Morgan fingerprint density at radius 3 is 2.80 bits per heavy atom. The molecule has 0 radical (unpaired) electrons. The van der Waals surface area contributed by atoms with Crippen LogP contribution in [0.3, 0.4) is 0 Å². The second-order valence-corrected chi connectivity index (χ2v) is 10.7. The van der Waals surface area contributed by atoms with Crippen molar-refractivity contribution in [1.29, 1.82) is 0 Å². The Hall–Kier alpha value is -3.62. The molecule has 1 amide bonds. The average Bonchev–Trinajstić information content (AvgIpc) is 3.49. The second-order valence-electron chi connectivity index (χ2n) is 8.48. The summed E-state index contributed by atoms with van der Waals surface area (Å²) in [6.45, 7) is 2.13. The molecule has 0 fully saturated rings. The second kappa shape index (κ2) is 8.87. The van der Waals surface area contributed by atoms with Gasteiger partial charge in [0.25, 0.3) is 5.91 Å². The van der Waals surface area contributed by atoms with E-state index in [0.717, 1.165) is 33.0 Å². The van der Waals surface area contributed by atoms with Gasteiger partial charge in [0.05, 0.1) is 23.3 Å². The smallest absolute Gasteiger partial charge is 0.257 e. The minimum absolute atomic E-state index is 0.105. The van der Waals surface area contributed by atoms with Crippen molar-refractivity contribution in [2.75, 3.05) is 0 Å². The van der Waals surface area contributed by atoms with Crippen molar-refractivity contribution in [2.45, 2.75) is 30.0 Å². The number of para-hydroxylation sites is 3. The van der Waals surface area contributed by atoms with Crippen LogP contribution in [0.4, 0.5) is 0 Å². The molecule has 2 N–H and O–H groups in total.